The van der Waals surface area contributed by atoms with Gasteiger partial charge in [-0.3, -0.25) is 0 Å². The Hall–Kier alpha value is -1.84. The lowest BCUT2D eigenvalue weighted by Gasteiger charge is -2.16. The van der Waals surface area contributed by atoms with E-state index in [1.165, 1.54) is 12.8 Å². The third-order valence-corrected chi connectivity index (χ3v) is 3.00. The third kappa shape index (κ3) is 2.30. The smallest absolute Gasteiger partial charge is 0.246 e. The van der Waals surface area contributed by atoms with Crippen LogP contribution in [0.25, 0.3) is 0 Å². The number of rotatable bonds is 4. The molecule has 0 atom stereocenters. The van der Waals surface area contributed by atoms with E-state index in [1.54, 1.807) is 0 Å². The van der Waals surface area contributed by atoms with E-state index in [0.29, 0.717) is 18.4 Å². The fourth-order valence-corrected chi connectivity index (χ4v) is 1.82. The minimum Gasteiger partial charge on any atom is -0.365 e. The van der Waals surface area contributed by atoms with E-state index in [1.807, 2.05) is 25.2 Å². The van der Waals surface area contributed by atoms with Crippen LogP contribution in [0.5, 0.6) is 0 Å². The molecule has 0 bridgehead atoms. The predicted molar refractivity (Wildman–Crippen MR) is 64.8 cm³/mol. The zero-order valence-corrected chi connectivity index (χ0v) is 9.84. The summed E-state index contributed by atoms with van der Waals surface area (Å²) in [5, 5.41) is 4.01. The van der Waals surface area contributed by atoms with Crippen molar-refractivity contribution in [3.8, 4) is 0 Å². The molecule has 1 aromatic carbocycles. The van der Waals surface area contributed by atoms with Crippen LogP contribution in [-0.2, 0) is 6.54 Å². The summed E-state index contributed by atoms with van der Waals surface area (Å²) in [5.74, 6) is 2.12. The standard InChI is InChI=1S/C13H15N3O/c1-16(11-5-3-2-4-6-11)9-12-14-13(15-17-12)10-7-8-10/h2-6,10H,7-9H2,1H3. The highest BCUT2D eigenvalue weighted by Gasteiger charge is 2.28. The van der Waals surface area contributed by atoms with Crippen molar-refractivity contribution in [1.29, 1.82) is 0 Å². The first-order chi connectivity index (χ1) is 8.33. The molecule has 0 radical (unpaired) electrons. The Labute approximate surface area is 100 Å². The van der Waals surface area contributed by atoms with Gasteiger partial charge in [-0.25, -0.2) is 0 Å². The van der Waals surface area contributed by atoms with Gasteiger partial charge in [0.05, 0.1) is 6.54 Å². The summed E-state index contributed by atoms with van der Waals surface area (Å²) in [4.78, 5) is 6.52. The van der Waals surface area contributed by atoms with Gasteiger partial charge < -0.3 is 9.42 Å². The van der Waals surface area contributed by atoms with Gasteiger partial charge in [0.15, 0.2) is 5.82 Å². The van der Waals surface area contributed by atoms with Gasteiger partial charge in [0.1, 0.15) is 0 Å². The second kappa shape index (κ2) is 4.20. The van der Waals surface area contributed by atoms with Crippen molar-refractivity contribution in [3.63, 3.8) is 0 Å². The fourth-order valence-electron chi connectivity index (χ4n) is 1.82. The molecular weight excluding hydrogens is 214 g/mol. The van der Waals surface area contributed by atoms with Crippen molar-refractivity contribution in [3.05, 3.63) is 42.0 Å². The average Bonchev–Trinajstić information content (AvgIpc) is 3.12. The van der Waals surface area contributed by atoms with E-state index in [4.69, 9.17) is 4.52 Å². The van der Waals surface area contributed by atoms with E-state index >= 15 is 0 Å². The van der Waals surface area contributed by atoms with Gasteiger partial charge in [0.25, 0.3) is 0 Å². The molecule has 0 N–H and O–H groups in total. The van der Waals surface area contributed by atoms with Crippen molar-refractivity contribution in [2.75, 3.05) is 11.9 Å². The number of aromatic nitrogens is 2. The first-order valence-electron chi connectivity index (χ1n) is 5.91. The summed E-state index contributed by atoms with van der Waals surface area (Å²) in [6, 6.07) is 10.2. The summed E-state index contributed by atoms with van der Waals surface area (Å²) in [5.41, 5.74) is 1.15. The van der Waals surface area contributed by atoms with Crippen LogP contribution in [0.1, 0.15) is 30.5 Å². The number of nitrogens with zero attached hydrogens (tertiary/aromatic N) is 3. The zero-order valence-electron chi connectivity index (χ0n) is 9.84. The molecule has 0 amide bonds. The number of para-hydroxylation sites is 1. The monoisotopic (exact) mass is 229 g/mol. The van der Waals surface area contributed by atoms with Crippen molar-refractivity contribution in [2.24, 2.45) is 0 Å². The molecule has 4 nitrogen and oxygen atoms in total. The molecule has 2 aromatic rings. The second-order valence-electron chi connectivity index (χ2n) is 4.51. The van der Waals surface area contributed by atoms with Crippen molar-refractivity contribution < 1.29 is 4.52 Å². The highest BCUT2D eigenvalue weighted by Crippen LogP contribution is 2.38. The average molecular weight is 229 g/mol. The lowest BCUT2D eigenvalue weighted by atomic mass is 10.3. The molecule has 1 aliphatic carbocycles. The predicted octanol–water partition coefficient (Wildman–Crippen LogP) is 2.58. The third-order valence-electron chi connectivity index (χ3n) is 3.00. The molecule has 1 aromatic heterocycles. The maximum Gasteiger partial charge on any atom is 0.246 e. The molecule has 88 valence electrons. The molecule has 1 fully saturated rings. The number of hydrogen-bond acceptors (Lipinski definition) is 4. The maximum atomic E-state index is 5.26. The molecule has 4 heteroatoms. The van der Waals surface area contributed by atoms with Crippen LogP contribution >= 0.6 is 0 Å². The second-order valence-corrected chi connectivity index (χ2v) is 4.51. The van der Waals surface area contributed by atoms with Crippen LogP contribution in [0.3, 0.4) is 0 Å². The van der Waals surface area contributed by atoms with E-state index in [-0.39, 0.29) is 0 Å². The normalized spacial score (nSPS) is 14.9. The van der Waals surface area contributed by atoms with Crippen LogP contribution in [0.15, 0.2) is 34.9 Å². The Bertz CT molecular complexity index is 490. The van der Waals surface area contributed by atoms with Gasteiger partial charge in [-0.1, -0.05) is 23.4 Å². The first kappa shape index (κ1) is 10.3. The Balaban J connectivity index is 1.69. The van der Waals surface area contributed by atoms with Crippen molar-refractivity contribution in [2.45, 2.75) is 25.3 Å². The summed E-state index contributed by atoms with van der Waals surface area (Å²) in [7, 11) is 2.02. The molecule has 0 saturated heterocycles. The van der Waals surface area contributed by atoms with Gasteiger partial charge in [0.2, 0.25) is 5.89 Å². The molecule has 0 aliphatic heterocycles. The van der Waals surface area contributed by atoms with Crippen LogP contribution in [0.4, 0.5) is 5.69 Å². The number of anilines is 1. The highest BCUT2D eigenvalue weighted by atomic mass is 16.5. The Kier molecular flexibility index (Phi) is 2.55. The zero-order chi connectivity index (χ0) is 11.7. The van der Waals surface area contributed by atoms with Crippen molar-refractivity contribution in [1.82, 2.24) is 10.1 Å². The van der Waals surface area contributed by atoms with Gasteiger partial charge >= 0.3 is 0 Å². The largest absolute Gasteiger partial charge is 0.365 e. The Morgan fingerprint density at radius 2 is 2.06 bits per heavy atom. The molecule has 3 rings (SSSR count). The lowest BCUT2D eigenvalue weighted by Crippen LogP contribution is -2.16. The molecule has 0 spiro atoms. The molecular formula is C13H15N3O. The fraction of sp³-hybridized carbons (Fsp3) is 0.385. The van der Waals surface area contributed by atoms with Crippen LogP contribution in [-0.4, -0.2) is 17.2 Å². The Morgan fingerprint density at radius 3 is 2.76 bits per heavy atom. The summed E-state index contributed by atoms with van der Waals surface area (Å²) >= 11 is 0. The highest BCUT2D eigenvalue weighted by molar-refractivity contribution is 5.44. The topological polar surface area (TPSA) is 42.2 Å². The minimum atomic E-state index is 0.550. The minimum absolute atomic E-state index is 0.550. The van der Waals surface area contributed by atoms with Gasteiger partial charge in [0, 0.05) is 18.7 Å². The Morgan fingerprint density at radius 1 is 1.29 bits per heavy atom. The van der Waals surface area contributed by atoms with Gasteiger partial charge in [-0.2, -0.15) is 4.98 Å². The van der Waals surface area contributed by atoms with Crippen LogP contribution in [0.2, 0.25) is 0 Å². The number of hydrogen-bond donors (Lipinski definition) is 0. The molecule has 1 saturated carbocycles. The lowest BCUT2D eigenvalue weighted by molar-refractivity contribution is 0.373. The summed E-state index contributed by atoms with van der Waals surface area (Å²) in [6.45, 7) is 0.656. The van der Waals surface area contributed by atoms with E-state index < -0.39 is 0 Å². The van der Waals surface area contributed by atoms with Gasteiger partial charge in [-0.05, 0) is 25.0 Å². The van der Waals surface area contributed by atoms with E-state index in [0.717, 1.165) is 11.5 Å². The first-order valence-corrected chi connectivity index (χ1v) is 5.91. The molecule has 17 heavy (non-hydrogen) atoms. The molecule has 1 heterocycles. The van der Waals surface area contributed by atoms with E-state index in [2.05, 4.69) is 27.2 Å². The SMILES string of the molecule is CN(Cc1nc(C2CC2)no1)c1ccccc1. The van der Waals surface area contributed by atoms with Gasteiger partial charge in [-0.15, -0.1) is 0 Å². The molecule has 1 aliphatic rings. The van der Waals surface area contributed by atoms with Crippen molar-refractivity contribution >= 4 is 5.69 Å². The maximum absolute atomic E-state index is 5.26. The van der Waals surface area contributed by atoms with E-state index in [9.17, 15) is 0 Å². The van der Waals surface area contributed by atoms with Crippen LogP contribution in [0, 0.1) is 0 Å². The molecule has 0 unspecified atom stereocenters. The summed E-state index contributed by atoms with van der Waals surface area (Å²) in [6.07, 6.45) is 2.40. The quantitative estimate of drug-likeness (QED) is 0.808. The number of benzene rings is 1. The van der Waals surface area contributed by atoms with Crippen LogP contribution < -0.4 is 4.90 Å². The summed E-state index contributed by atoms with van der Waals surface area (Å²) < 4.78 is 5.26.